The molecule has 0 radical (unpaired) electrons. The predicted molar refractivity (Wildman–Crippen MR) is 113 cm³/mol. The number of benzene rings is 2. The van der Waals surface area contributed by atoms with Crippen LogP contribution in [-0.4, -0.2) is 4.98 Å². The van der Waals surface area contributed by atoms with Gasteiger partial charge < -0.3 is 0 Å². The van der Waals surface area contributed by atoms with E-state index in [-0.39, 0.29) is 10.8 Å². The molecule has 0 saturated carbocycles. The fraction of sp³-hybridized carbons (Fsp3) is 0.346. The van der Waals surface area contributed by atoms with Gasteiger partial charge in [0.05, 0.1) is 5.69 Å². The lowest BCUT2D eigenvalue weighted by molar-refractivity contribution is 0.332. The Hall–Kier alpha value is -2.41. The Morgan fingerprint density at radius 3 is 2.15 bits per heavy atom. The van der Waals surface area contributed by atoms with E-state index in [1.54, 1.807) is 11.1 Å². The van der Waals surface area contributed by atoms with E-state index in [9.17, 15) is 0 Å². The first kappa shape index (κ1) is 16.7. The van der Waals surface area contributed by atoms with Crippen molar-refractivity contribution in [1.29, 1.82) is 0 Å². The van der Waals surface area contributed by atoms with Crippen molar-refractivity contribution >= 4 is 0 Å². The lowest BCUT2D eigenvalue weighted by Gasteiger charge is -2.42. The number of fused-ring (bicyclic) bond motifs is 4. The average molecular weight is 354 g/mol. The first-order chi connectivity index (χ1) is 12.9. The largest absolute Gasteiger partial charge is 0.256 e. The third-order valence-electron chi connectivity index (χ3n) is 6.85. The van der Waals surface area contributed by atoms with Crippen molar-refractivity contribution in [2.75, 3.05) is 0 Å². The Labute approximate surface area is 162 Å². The summed E-state index contributed by atoms with van der Waals surface area (Å²) >= 11 is 0. The minimum atomic E-state index is 0.251. The Balaban J connectivity index is 1.72. The normalized spacial score (nSPS) is 18.5. The van der Waals surface area contributed by atoms with Crippen LogP contribution in [0.3, 0.4) is 0 Å². The second kappa shape index (κ2) is 5.55. The molecule has 0 spiro atoms. The van der Waals surface area contributed by atoms with Gasteiger partial charge in [0.15, 0.2) is 0 Å². The van der Waals surface area contributed by atoms with Crippen LogP contribution in [0.15, 0.2) is 54.7 Å². The number of hydrogen-bond donors (Lipinski definition) is 0. The van der Waals surface area contributed by atoms with Gasteiger partial charge in [0.1, 0.15) is 0 Å². The Bertz CT molecular complexity index is 1040. The van der Waals surface area contributed by atoms with Crippen molar-refractivity contribution in [3.63, 3.8) is 0 Å². The molecule has 1 heteroatoms. The smallest absolute Gasteiger partial charge is 0.0705 e. The minimum absolute atomic E-state index is 0.251. The Morgan fingerprint density at radius 2 is 1.44 bits per heavy atom. The van der Waals surface area contributed by atoms with Crippen LogP contribution < -0.4 is 0 Å². The van der Waals surface area contributed by atoms with Crippen LogP contribution in [-0.2, 0) is 17.3 Å². The zero-order chi connectivity index (χ0) is 18.8. The van der Waals surface area contributed by atoms with Crippen molar-refractivity contribution in [3.05, 3.63) is 77.0 Å². The summed E-state index contributed by atoms with van der Waals surface area (Å²) in [6.45, 7) is 9.64. The molecule has 0 amide bonds. The van der Waals surface area contributed by atoms with Gasteiger partial charge in [-0.1, -0.05) is 64.1 Å². The monoisotopic (exact) mass is 353 g/mol. The van der Waals surface area contributed by atoms with Crippen LogP contribution in [0, 0.1) is 0 Å². The van der Waals surface area contributed by atoms with E-state index in [0.29, 0.717) is 0 Å². The van der Waals surface area contributed by atoms with Crippen molar-refractivity contribution in [1.82, 2.24) is 4.98 Å². The molecule has 1 nitrogen and oxygen atoms in total. The zero-order valence-electron chi connectivity index (χ0n) is 16.8. The molecule has 3 aromatic rings. The molecule has 0 atom stereocenters. The quantitative estimate of drug-likeness (QED) is 0.372. The fourth-order valence-electron chi connectivity index (χ4n) is 5.04. The van der Waals surface area contributed by atoms with Crippen LogP contribution in [0.1, 0.15) is 62.8 Å². The van der Waals surface area contributed by atoms with Crippen LogP contribution in [0.25, 0.3) is 22.4 Å². The molecule has 2 aromatic carbocycles. The fourth-order valence-corrected chi connectivity index (χ4v) is 5.04. The number of aromatic nitrogens is 1. The van der Waals surface area contributed by atoms with Gasteiger partial charge in [0.25, 0.3) is 0 Å². The van der Waals surface area contributed by atoms with E-state index >= 15 is 0 Å². The van der Waals surface area contributed by atoms with Gasteiger partial charge in [-0.15, -0.1) is 0 Å². The second-order valence-electron chi connectivity index (χ2n) is 9.55. The zero-order valence-corrected chi connectivity index (χ0v) is 16.8. The molecule has 0 aliphatic heterocycles. The van der Waals surface area contributed by atoms with Gasteiger partial charge in [-0.2, -0.15) is 0 Å². The van der Waals surface area contributed by atoms with Crippen molar-refractivity contribution in [2.45, 2.75) is 57.8 Å². The SMILES string of the molecule is CC1(C)CCC(C)(C)c2cc3c(cc21)Cc1c(-c2ccccn2)cccc1-3. The number of rotatable bonds is 1. The summed E-state index contributed by atoms with van der Waals surface area (Å²) < 4.78 is 0. The number of nitrogens with zero attached hydrogens (tertiary/aromatic N) is 1. The third-order valence-corrected chi connectivity index (χ3v) is 6.85. The van der Waals surface area contributed by atoms with Gasteiger partial charge in [-0.25, -0.2) is 0 Å². The van der Waals surface area contributed by atoms with Crippen LogP contribution >= 0.6 is 0 Å². The second-order valence-corrected chi connectivity index (χ2v) is 9.55. The highest BCUT2D eigenvalue weighted by molar-refractivity contribution is 5.85. The van der Waals surface area contributed by atoms with E-state index in [0.717, 1.165) is 12.1 Å². The van der Waals surface area contributed by atoms with Crippen LogP contribution in [0.2, 0.25) is 0 Å². The summed E-state index contributed by atoms with van der Waals surface area (Å²) in [5, 5.41) is 0. The molecule has 0 N–H and O–H groups in total. The Kier molecular flexibility index (Phi) is 3.44. The van der Waals surface area contributed by atoms with E-state index in [2.05, 4.69) is 75.1 Å². The van der Waals surface area contributed by atoms with Crippen molar-refractivity contribution in [3.8, 4) is 22.4 Å². The molecule has 136 valence electrons. The summed E-state index contributed by atoms with van der Waals surface area (Å²) in [4.78, 5) is 4.61. The van der Waals surface area contributed by atoms with Crippen LogP contribution in [0.4, 0.5) is 0 Å². The summed E-state index contributed by atoms with van der Waals surface area (Å²) in [5.74, 6) is 0. The molecular formula is C26H27N. The van der Waals surface area contributed by atoms with Crippen LogP contribution in [0.5, 0.6) is 0 Å². The molecule has 0 saturated heterocycles. The van der Waals surface area contributed by atoms with Gasteiger partial charge in [-0.3, -0.25) is 4.98 Å². The molecule has 0 fully saturated rings. The lowest BCUT2D eigenvalue weighted by Crippen LogP contribution is -2.34. The maximum Gasteiger partial charge on any atom is 0.0705 e. The molecule has 2 aliphatic rings. The number of pyridine rings is 1. The summed E-state index contributed by atoms with van der Waals surface area (Å²) in [7, 11) is 0. The Morgan fingerprint density at radius 1 is 0.741 bits per heavy atom. The maximum atomic E-state index is 4.61. The first-order valence-corrected chi connectivity index (χ1v) is 10.1. The lowest BCUT2D eigenvalue weighted by atomic mass is 9.62. The molecule has 1 aromatic heterocycles. The van der Waals surface area contributed by atoms with E-state index in [4.69, 9.17) is 0 Å². The molecule has 1 heterocycles. The van der Waals surface area contributed by atoms with Gasteiger partial charge in [-0.05, 0) is 75.6 Å². The highest BCUT2D eigenvalue weighted by Gasteiger charge is 2.38. The summed E-state index contributed by atoms with van der Waals surface area (Å²) in [6, 6.07) is 17.9. The average Bonchev–Trinajstić information content (AvgIpc) is 3.03. The number of hydrogen-bond acceptors (Lipinski definition) is 1. The van der Waals surface area contributed by atoms with Gasteiger partial charge >= 0.3 is 0 Å². The predicted octanol–water partition coefficient (Wildman–Crippen LogP) is 6.67. The van der Waals surface area contributed by atoms with E-state index in [1.165, 1.54) is 40.7 Å². The van der Waals surface area contributed by atoms with E-state index < -0.39 is 0 Å². The highest BCUT2D eigenvalue weighted by atomic mass is 14.7. The minimum Gasteiger partial charge on any atom is -0.256 e. The molecule has 2 aliphatic carbocycles. The van der Waals surface area contributed by atoms with Gasteiger partial charge in [0.2, 0.25) is 0 Å². The molecular weight excluding hydrogens is 326 g/mol. The maximum absolute atomic E-state index is 4.61. The summed E-state index contributed by atoms with van der Waals surface area (Å²) in [6.07, 6.45) is 5.42. The summed E-state index contributed by atoms with van der Waals surface area (Å²) in [5.41, 5.74) is 11.7. The van der Waals surface area contributed by atoms with Crippen molar-refractivity contribution in [2.24, 2.45) is 0 Å². The highest BCUT2D eigenvalue weighted by Crippen LogP contribution is 2.50. The molecule has 5 rings (SSSR count). The topological polar surface area (TPSA) is 12.9 Å². The standard InChI is InChI=1S/C26H27N/c1-25(2)11-12-26(3,4)23-16-20-17(15-22(23)25)14-21-18(20)8-7-9-19(21)24-10-5-6-13-27-24/h5-10,13,15-16H,11-12,14H2,1-4H3. The molecule has 27 heavy (non-hydrogen) atoms. The first-order valence-electron chi connectivity index (χ1n) is 10.1. The van der Waals surface area contributed by atoms with Crippen molar-refractivity contribution < 1.29 is 0 Å². The molecule has 0 unspecified atom stereocenters. The van der Waals surface area contributed by atoms with Gasteiger partial charge in [0, 0.05) is 11.8 Å². The molecule has 0 bridgehead atoms. The third kappa shape index (κ3) is 2.48. The van der Waals surface area contributed by atoms with E-state index in [1.807, 2.05) is 12.3 Å².